The topological polar surface area (TPSA) is 67.2 Å². The molecule has 1 aromatic heterocycles. The third kappa shape index (κ3) is 3.84. The summed E-state index contributed by atoms with van der Waals surface area (Å²) >= 11 is 0. The van der Waals surface area contributed by atoms with E-state index >= 15 is 0 Å². The van der Waals surface area contributed by atoms with Crippen molar-refractivity contribution in [2.24, 2.45) is 0 Å². The number of rotatable bonds is 3. The fourth-order valence-corrected chi connectivity index (χ4v) is 1.54. The second-order valence-electron chi connectivity index (χ2n) is 5.27. The number of anilines is 2. The van der Waals surface area contributed by atoms with E-state index in [0.29, 0.717) is 11.5 Å². The Hall–Kier alpha value is -2.30. The third-order valence-corrected chi connectivity index (χ3v) is 2.27. The first-order valence-electron chi connectivity index (χ1n) is 6.05. The summed E-state index contributed by atoms with van der Waals surface area (Å²) in [7, 11) is 0. The lowest BCUT2D eigenvalue weighted by atomic mass is 10.1. The molecule has 0 bridgehead atoms. The van der Waals surface area contributed by atoms with Gasteiger partial charge in [-0.2, -0.15) is 0 Å². The molecule has 0 aliphatic rings. The molecule has 0 saturated heterocycles. The quantitative estimate of drug-likeness (QED) is 0.888. The number of nitrogens with zero attached hydrogens (tertiary/aromatic N) is 1. The highest BCUT2D eigenvalue weighted by Crippen LogP contribution is 2.16. The number of para-hydroxylation sites is 1. The Morgan fingerprint density at radius 1 is 1.21 bits per heavy atom. The van der Waals surface area contributed by atoms with E-state index in [-0.39, 0.29) is 17.2 Å². The van der Waals surface area contributed by atoms with Gasteiger partial charge in [0.2, 0.25) is 5.76 Å². The van der Waals surface area contributed by atoms with Gasteiger partial charge in [0.1, 0.15) is 0 Å². The minimum atomic E-state index is -0.319. The molecule has 2 N–H and O–H groups in total. The van der Waals surface area contributed by atoms with Crippen LogP contribution in [-0.4, -0.2) is 16.6 Å². The van der Waals surface area contributed by atoms with Crippen LogP contribution in [0.4, 0.5) is 11.5 Å². The van der Waals surface area contributed by atoms with Crippen LogP contribution in [0.5, 0.6) is 0 Å². The van der Waals surface area contributed by atoms with Crippen LogP contribution < -0.4 is 10.6 Å². The first kappa shape index (κ1) is 13.1. The van der Waals surface area contributed by atoms with Gasteiger partial charge in [0.25, 0.3) is 5.91 Å². The number of carbonyl (C=O) groups excluding carboxylic acids is 1. The Kier molecular flexibility index (Phi) is 3.55. The maximum Gasteiger partial charge on any atom is 0.294 e. The summed E-state index contributed by atoms with van der Waals surface area (Å²) in [4.78, 5) is 11.9. The average molecular weight is 259 g/mol. The van der Waals surface area contributed by atoms with Gasteiger partial charge in [0.05, 0.1) is 0 Å². The Balaban J connectivity index is 2.04. The minimum absolute atomic E-state index is 0.135. The van der Waals surface area contributed by atoms with Gasteiger partial charge >= 0.3 is 0 Å². The SMILES string of the molecule is CC(C)(C)Nc1cc(C(=O)Nc2ccccc2)on1. The highest BCUT2D eigenvalue weighted by atomic mass is 16.5. The van der Waals surface area contributed by atoms with Crippen molar-refractivity contribution in [1.82, 2.24) is 5.16 Å². The van der Waals surface area contributed by atoms with Gasteiger partial charge in [0, 0.05) is 17.3 Å². The zero-order valence-corrected chi connectivity index (χ0v) is 11.2. The number of hydrogen-bond donors (Lipinski definition) is 2. The van der Waals surface area contributed by atoms with Crippen molar-refractivity contribution in [3.05, 3.63) is 42.2 Å². The fraction of sp³-hybridized carbons (Fsp3) is 0.286. The second kappa shape index (κ2) is 5.14. The summed E-state index contributed by atoms with van der Waals surface area (Å²) in [5.41, 5.74) is 0.582. The highest BCUT2D eigenvalue weighted by molar-refractivity contribution is 6.02. The fourth-order valence-electron chi connectivity index (χ4n) is 1.54. The maximum atomic E-state index is 11.9. The van der Waals surface area contributed by atoms with Gasteiger partial charge < -0.3 is 15.2 Å². The van der Waals surface area contributed by atoms with Crippen LogP contribution >= 0.6 is 0 Å². The van der Waals surface area contributed by atoms with Crippen LogP contribution in [0.1, 0.15) is 31.3 Å². The van der Waals surface area contributed by atoms with E-state index < -0.39 is 0 Å². The highest BCUT2D eigenvalue weighted by Gasteiger charge is 2.16. The van der Waals surface area contributed by atoms with Crippen molar-refractivity contribution < 1.29 is 9.32 Å². The van der Waals surface area contributed by atoms with Gasteiger partial charge in [-0.25, -0.2) is 0 Å². The predicted molar refractivity (Wildman–Crippen MR) is 74.3 cm³/mol. The summed E-state index contributed by atoms with van der Waals surface area (Å²) < 4.78 is 5.02. The molecule has 1 aromatic carbocycles. The molecule has 5 heteroatoms. The molecule has 5 nitrogen and oxygen atoms in total. The maximum absolute atomic E-state index is 11.9. The van der Waals surface area contributed by atoms with Crippen molar-refractivity contribution in [1.29, 1.82) is 0 Å². The zero-order chi connectivity index (χ0) is 13.9. The van der Waals surface area contributed by atoms with Gasteiger partial charge in [0.15, 0.2) is 5.82 Å². The van der Waals surface area contributed by atoms with Crippen LogP contribution in [0.25, 0.3) is 0 Å². The van der Waals surface area contributed by atoms with Gasteiger partial charge in [-0.05, 0) is 32.9 Å². The molecule has 1 amide bonds. The largest absolute Gasteiger partial charge is 0.363 e. The first-order valence-corrected chi connectivity index (χ1v) is 6.05. The predicted octanol–water partition coefficient (Wildman–Crippen LogP) is 3.14. The number of carbonyl (C=O) groups is 1. The normalized spacial score (nSPS) is 11.1. The molecule has 0 radical (unpaired) electrons. The molecular formula is C14H17N3O2. The Morgan fingerprint density at radius 3 is 2.53 bits per heavy atom. The lowest BCUT2D eigenvalue weighted by Crippen LogP contribution is -2.26. The molecule has 2 aromatic rings. The van der Waals surface area contributed by atoms with E-state index in [1.54, 1.807) is 6.07 Å². The molecule has 0 saturated carbocycles. The van der Waals surface area contributed by atoms with E-state index in [2.05, 4.69) is 15.8 Å². The molecule has 19 heavy (non-hydrogen) atoms. The summed E-state index contributed by atoms with van der Waals surface area (Å²) in [5, 5.41) is 9.69. The molecular weight excluding hydrogens is 242 g/mol. The van der Waals surface area contributed by atoms with Gasteiger partial charge in [-0.1, -0.05) is 23.4 Å². The van der Waals surface area contributed by atoms with E-state index in [4.69, 9.17) is 4.52 Å². The Bertz CT molecular complexity index is 556. The molecule has 0 spiro atoms. The molecule has 0 aliphatic heterocycles. The van der Waals surface area contributed by atoms with Crippen LogP contribution in [0.3, 0.4) is 0 Å². The molecule has 0 aliphatic carbocycles. The van der Waals surface area contributed by atoms with Crippen LogP contribution in [0, 0.1) is 0 Å². The van der Waals surface area contributed by atoms with Crippen molar-refractivity contribution in [3.63, 3.8) is 0 Å². The number of aromatic nitrogens is 1. The van der Waals surface area contributed by atoms with Gasteiger partial charge in [-0.15, -0.1) is 0 Å². The van der Waals surface area contributed by atoms with Crippen molar-refractivity contribution in [3.8, 4) is 0 Å². The molecule has 0 atom stereocenters. The second-order valence-corrected chi connectivity index (χ2v) is 5.27. The average Bonchev–Trinajstić information content (AvgIpc) is 2.76. The third-order valence-electron chi connectivity index (χ3n) is 2.27. The van der Waals surface area contributed by atoms with Crippen LogP contribution in [0.15, 0.2) is 40.9 Å². The van der Waals surface area contributed by atoms with Crippen molar-refractivity contribution in [2.45, 2.75) is 26.3 Å². The molecule has 100 valence electrons. The zero-order valence-electron chi connectivity index (χ0n) is 11.2. The molecule has 1 heterocycles. The van der Waals surface area contributed by atoms with E-state index in [1.165, 1.54) is 0 Å². The van der Waals surface area contributed by atoms with Crippen molar-refractivity contribution >= 4 is 17.4 Å². The van der Waals surface area contributed by atoms with E-state index in [9.17, 15) is 4.79 Å². The van der Waals surface area contributed by atoms with Crippen LogP contribution in [0.2, 0.25) is 0 Å². The summed E-state index contributed by atoms with van der Waals surface area (Å²) in [6.45, 7) is 6.02. The first-order chi connectivity index (χ1) is 8.94. The molecule has 0 unspecified atom stereocenters. The summed E-state index contributed by atoms with van der Waals surface area (Å²) in [6.07, 6.45) is 0. The van der Waals surface area contributed by atoms with Gasteiger partial charge in [-0.3, -0.25) is 4.79 Å². The summed E-state index contributed by atoms with van der Waals surface area (Å²) in [6, 6.07) is 10.8. The molecule has 0 fully saturated rings. The number of nitrogens with one attached hydrogen (secondary N) is 2. The Labute approximate surface area is 112 Å². The van der Waals surface area contributed by atoms with E-state index in [0.717, 1.165) is 0 Å². The monoisotopic (exact) mass is 259 g/mol. The lowest BCUT2D eigenvalue weighted by Gasteiger charge is -2.19. The van der Waals surface area contributed by atoms with E-state index in [1.807, 2.05) is 51.1 Å². The van der Waals surface area contributed by atoms with Crippen LogP contribution in [-0.2, 0) is 0 Å². The number of amides is 1. The number of hydrogen-bond acceptors (Lipinski definition) is 4. The lowest BCUT2D eigenvalue weighted by molar-refractivity contribution is 0.0988. The standard InChI is InChI=1S/C14H17N3O2/c1-14(2,3)16-12-9-11(19-17-12)13(18)15-10-7-5-4-6-8-10/h4-9H,1-3H3,(H,15,18)(H,16,17). The minimum Gasteiger partial charge on any atom is -0.363 e. The number of benzene rings is 1. The molecule has 2 rings (SSSR count). The van der Waals surface area contributed by atoms with Crippen molar-refractivity contribution in [2.75, 3.05) is 10.6 Å². The smallest absolute Gasteiger partial charge is 0.294 e. The summed E-state index contributed by atoms with van der Waals surface area (Å²) in [5.74, 6) is 0.405. The Morgan fingerprint density at radius 2 is 1.89 bits per heavy atom.